The summed E-state index contributed by atoms with van der Waals surface area (Å²) >= 11 is 6.03. The van der Waals surface area contributed by atoms with Crippen LogP contribution in [0, 0.1) is 17.0 Å². The molecule has 1 aromatic carbocycles. The van der Waals surface area contributed by atoms with Gasteiger partial charge in [-0.2, -0.15) is 5.10 Å². The van der Waals surface area contributed by atoms with Crippen molar-refractivity contribution in [1.29, 1.82) is 0 Å². The van der Waals surface area contributed by atoms with Crippen LogP contribution in [0.5, 0.6) is 0 Å². The molecular weight excluding hydrogens is 256 g/mol. The highest BCUT2D eigenvalue weighted by Gasteiger charge is 2.13. The predicted octanol–water partition coefficient (Wildman–Crippen LogP) is 2.89. The Morgan fingerprint density at radius 2 is 2.33 bits per heavy atom. The quantitative estimate of drug-likeness (QED) is 0.658. The SMILES string of the molecule is Cc1cc([N+](=O)[O-])cc(Cl)c1NCc1ccn[nH]1. The molecule has 0 fully saturated rings. The van der Waals surface area contributed by atoms with Crippen LogP contribution in [-0.4, -0.2) is 15.1 Å². The van der Waals surface area contributed by atoms with Gasteiger partial charge in [0.2, 0.25) is 0 Å². The maximum atomic E-state index is 10.7. The third-order valence-electron chi connectivity index (χ3n) is 2.50. The van der Waals surface area contributed by atoms with E-state index >= 15 is 0 Å². The average molecular weight is 267 g/mol. The van der Waals surface area contributed by atoms with Gasteiger partial charge in [-0.1, -0.05) is 11.6 Å². The van der Waals surface area contributed by atoms with Crippen LogP contribution in [0.25, 0.3) is 0 Å². The molecule has 0 amide bonds. The van der Waals surface area contributed by atoms with Gasteiger partial charge in [0.25, 0.3) is 5.69 Å². The van der Waals surface area contributed by atoms with Gasteiger partial charge in [0.05, 0.1) is 27.9 Å². The van der Waals surface area contributed by atoms with E-state index in [4.69, 9.17) is 11.6 Å². The van der Waals surface area contributed by atoms with E-state index in [1.54, 1.807) is 13.1 Å². The fraction of sp³-hybridized carbons (Fsp3) is 0.182. The summed E-state index contributed by atoms with van der Waals surface area (Å²) in [7, 11) is 0. The van der Waals surface area contributed by atoms with Crippen molar-refractivity contribution >= 4 is 23.0 Å². The molecule has 0 aliphatic heterocycles. The highest BCUT2D eigenvalue weighted by molar-refractivity contribution is 6.33. The van der Waals surface area contributed by atoms with Crippen LogP contribution >= 0.6 is 11.6 Å². The zero-order valence-corrected chi connectivity index (χ0v) is 10.4. The van der Waals surface area contributed by atoms with Crippen molar-refractivity contribution in [3.8, 4) is 0 Å². The summed E-state index contributed by atoms with van der Waals surface area (Å²) in [5, 5.41) is 20.8. The van der Waals surface area contributed by atoms with Crippen molar-refractivity contribution in [2.75, 3.05) is 5.32 Å². The van der Waals surface area contributed by atoms with E-state index < -0.39 is 4.92 Å². The van der Waals surface area contributed by atoms with Gasteiger partial charge in [-0.25, -0.2) is 0 Å². The van der Waals surface area contributed by atoms with Gasteiger partial charge in [-0.05, 0) is 18.6 Å². The van der Waals surface area contributed by atoms with E-state index in [1.807, 2.05) is 6.07 Å². The summed E-state index contributed by atoms with van der Waals surface area (Å²) < 4.78 is 0. The molecule has 2 rings (SSSR count). The molecule has 0 unspecified atom stereocenters. The lowest BCUT2D eigenvalue weighted by Crippen LogP contribution is -2.03. The Hall–Kier alpha value is -2.08. The van der Waals surface area contributed by atoms with Crippen LogP contribution in [0.2, 0.25) is 5.02 Å². The number of nitrogens with one attached hydrogen (secondary N) is 2. The second kappa shape index (κ2) is 5.05. The minimum atomic E-state index is -0.461. The molecule has 0 atom stereocenters. The predicted molar refractivity (Wildman–Crippen MR) is 68.8 cm³/mol. The number of hydrogen-bond acceptors (Lipinski definition) is 4. The highest BCUT2D eigenvalue weighted by atomic mass is 35.5. The summed E-state index contributed by atoms with van der Waals surface area (Å²) in [4.78, 5) is 10.2. The van der Waals surface area contributed by atoms with Gasteiger partial charge < -0.3 is 5.32 Å². The number of nitrogens with zero attached hydrogens (tertiary/aromatic N) is 2. The molecule has 6 nitrogen and oxygen atoms in total. The largest absolute Gasteiger partial charge is 0.378 e. The lowest BCUT2D eigenvalue weighted by atomic mass is 10.1. The summed E-state index contributed by atoms with van der Waals surface area (Å²) in [6.07, 6.45) is 1.65. The molecule has 2 N–H and O–H groups in total. The zero-order valence-electron chi connectivity index (χ0n) is 9.61. The Balaban J connectivity index is 2.20. The van der Waals surface area contributed by atoms with E-state index in [2.05, 4.69) is 15.5 Å². The Labute approximate surface area is 108 Å². The molecule has 0 saturated heterocycles. The molecule has 1 heterocycles. The Kier molecular flexibility index (Phi) is 3.47. The van der Waals surface area contributed by atoms with Crippen LogP contribution in [0.15, 0.2) is 24.4 Å². The number of benzene rings is 1. The third kappa shape index (κ3) is 2.60. The number of nitro benzene ring substituents is 1. The second-order valence-corrected chi connectivity index (χ2v) is 4.22. The number of H-pyrrole nitrogens is 1. The van der Waals surface area contributed by atoms with Gasteiger partial charge in [-0.3, -0.25) is 15.2 Å². The number of nitro groups is 1. The first-order valence-electron chi connectivity index (χ1n) is 5.24. The van der Waals surface area contributed by atoms with Crippen molar-refractivity contribution in [2.24, 2.45) is 0 Å². The highest BCUT2D eigenvalue weighted by Crippen LogP contribution is 2.30. The molecule has 18 heavy (non-hydrogen) atoms. The second-order valence-electron chi connectivity index (χ2n) is 3.81. The molecule has 94 valence electrons. The molecule has 0 aliphatic rings. The lowest BCUT2D eigenvalue weighted by Gasteiger charge is -2.10. The van der Waals surface area contributed by atoms with Crippen molar-refractivity contribution in [1.82, 2.24) is 10.2 Å². The lowest BCUT2D eigenvalue weighted by molar-refractivity contribution is -0.384. The molecule has 0 saturated carbocycles. The first-order valence-corrected chi connectivity index (χ1v) is 5.62. The average Bonchev–Trinajstić information content (AvgIpc) is 2.80. The smallest absolute Gasteiger partial charge is 0.271 e. The van der Waals surface area contributed by atoms with Gasteiger partial charge in [0.1, 0.15) is 0 Å². The number of rotatable bonds is 4. The van der Waals surface area contributed by atoms with E-state index in [1.165, 1.54) is 12.1 Å². The molecule has 1 aromatic heterocycles. The topological polar surface area (TPSA) is 83.8 Å². The van der Waals surface area contributed by atoms with Gasteiger partial charge >= 0.3 is 0 Å². The Bertz CT molecular complexity index is 545. The maximum absolute atomic E-state index is 10.7. The van der Waals surface area contributed by atoms with Crippen molar-refractivity contribution in [3.05, 3.63) is 50.8 Å². The number of aromatic amines is 1. The monoisotopic (exact) mass is 266 g/mol. The number of hydrogen-bond donors (Lipinski definition) is 2. The van der Waals surface area contributed by atoms with E-state index in [-0.39, 0.29) is 5.69 Å². The molecule has 0 radical (unpaired) electrons. The van der Waals surface area contributed by atoms with E-state index in [9.17, 15) is 10.1 Å². The minimum absolute atomic E-state index is 0.00964. The molecule has 7 heteroatoms. The van der Waals surface area contributed by atoms with Gasteiger partial charge in [-0.15, -0.1) is 0 Å². The zero-order chi connectivity index (χ0) is 13.1. The number of aromatic nitrogens is 2. The van der Waals surface area contributed by atoms with Crippen LogP contribution in [0.4, 0.5) is 11.4 Å². The van der Waals surface area contributed by atoms with Crippen molar-refractivity contribution in [3.63, 3.8) is 0 Å². The van der Waals surface area contributed by atoms with Gasteiger partial charge in [0, 0.05) is 18.3 Å². The van der Waals surface area contributed by atoms with Crippen LogP contribution < -0.4 is 5.32 Å². The molecule has 2 aromatic rings. The number of anilines is 1. The van der Waals surface area contributed by atoms with Gasteiger partial charge in [0.15, 0.2) is 0 Å². The summed E-state index contributed by atoms with van der Waals surface area (Å²) in [6.45, 7) is 2.30. The van der Waals surface area contributed by atoms with Crippen LogP contribution in [0.3, 0.4) is 0 Å². The fourth-order valence-electron chi connectivity index (χ4n) is 1.62. The fourth-order valence-corrected chi connectivity index (χ4v) is 1.95. The number of halogens is 1. The molecule has 0 bridgehead atoms. The summed E-state index contributed by atoms with van der Waals surface area (Å²) in [5.74, 6) is 0. The molecule has 0 spiro atoms. The van der Waals surface area contributed by atoms with E-state index in [0.29, 0.717) is 17.3 Å². The normalized spacial score (nSPS) is 10.3. The Morgan fingerprint density at radius 1 is 1.56 bits per heavy atom. The van der Waals surface area contributed by atoms with Crippen LogP contribution in [0.1, 0.15) is 11.3 Å². The maximum Gasteiger partial charge on any atom is 0.271 e. The standard InChI is InChI=1S/C11H11ClN4O2/c1-7-4-9(16(17)18)5-10(12)11(7)13-6-8-2-3-14-15-8/h2-5,13H,6H2,1H3,(H,14,15). The summed E-state index contributed by atoms with van der Waals surface area (Å²) in [5.41, 5.74) is 2.32. The molecule has 0 aliphatic carbocycles. The van der Waals surface area contributed by atoms with Crippen molar-refractivity contribution < 1.29 is 4.92 Å². The first-order chi connectivity index (χ1) is 8.58. The van der Waals surface area contributed by atoms with E-state index in [0.717, 1.165) is 11.3 Å². The van der Waals surface area contributed by atoms with Crippen molar-refractivity contribution in [2.45, 2.75) is 13.5 Å². The number of non-ortho nitro benzene ring substituents is 1. The summed E-state index contributed by atoms with van der Waals surface area (Å²) in [6, 6.07) is 4.66. The third-order valence-corrected chi connectivity index (χ3v) is 2.80. The minimum Gasteiger partial charge on any atom is -0.378 e. The molecular formula is C11H11ClN4O2. The Morgan fingerprint density at radius 3 is 2.89 bits per heavy atom. The first kappa shape index (κ1) is 12.4. The number of aryl methyl sites for hydroxylation is 1. The van der Waals surface area contributed by atoms with Crippen LogP contribution in [-0.2, 0) is 6.54 Å².